The fraction of sp³-hybridized carbons (Fsp3) is 1.00. The van der Waals surface area contributed by atoms with Gasteiger partial charge in [0.15, 0.2) is 4.35 Å². The first-order chi connectivity index (χ1) is 13.2. The van der Waals surface area contributed by atoms with E-state index in [-0.39, 0.29) is 30.2 Å². The summed E-state index contributed by atoms with van der Waals surface area (Å²) < 4.78 is -2.20. The van der Waals surface area contributed by atoms with Crippen LogP contribution in [-0.2, 0) is 0 Å². The van der Waals surface area contributed by atoms with Crippen LogP contribution in [0.1, 0.15) is 125 Å². The van der Waals surface area contributed by atoms with Gasteiger partial charge in [-0.1, -0.05) is 131 Å². The van der Waals surface area contributed by atoms with Crippen LogP contribution in [0.25, 0.3) is 0 Å². The van der Waals surface area contributed by atoms with E-state index in [4.69, 9.17) is 45.9 Å². The largest absolute Gasteiger partial charge is 0.193 e. The summed E-state index contributed by atoms with van der Waals surface area (Å²) in [6.45, 7) is 48.9. The van der Waals surface area contributed by atoms with Gasteiger partial charge in [0.1, 0.15) is 5.73 Å². The van der Waals surface area contributed by atoms with Crippen molar-refractivity contribution in [1.82, 2.24) is 0 Å². The molecule has 0 heterocycles. The van der Waals surface area contributed by atoms with Crippen LogP contribution in [0.3, 0.4) is 0 Å². The number of hydrogen-bond donors (Lipinski definition) is 0. The molecule has 0 amide bonds. The molecule has 0 fully saturated rings. The Hall–Kier alpha value is 2.31. The maximum Gasteiger partial charge on any atom is 0.193 e. The van der Waals surface area contributed by atoms with E-state index in [0.717, 1.165) is 0 Å². The molecule has 0 saturated heterocycles. The Morgan fingerprint density at radius 2 is 0.500 bits per heavy atom. The van der Waals surface area contributed by atoms with E-state index in [9.17, 15) is 0 Å². The van der Waals surface area contributed by atoms with Crippen molar-refractivity contribution < 1.29 is 0 Å². The topological polar surface area (TPSA) is 0 Å². The number of hydrogen-bond acceptors (Lipinski definition) is 0. The van der Waals surface area contributed by atoms with Crippen molar-refractivity contribution in [2.45, 2.75) is 161 Å². The predicted octanol–water partition coefficient (Wildman–Crippen LogP) is 12.1. The Bertz CT molecular complexity index is 539. The van der Waals surface area contributed by atoms with Crippen molar-refractivity contribution in [1.29, 1.82) is 0 Å². The zero-order chi connectivity index (χ0) is 27.0. The predicted molar refractivity (Wildman–Crippen MR) is 174 cm³/mol. The molecule has 0 rings (SSSR count). The SMILES string of the molecule is CC(C)(C)[Si](C(C)(C)C)(C(C)(C)C)[Si](C)(Br)[Si](Br)(Br)[Si](C(C)(C)C)(C(C)(C)C)C(C)(C)C. The van der Waals surface area contributed by atoms with Gasteiger partial charge in [0, 0.05) is 0 Å². The normalized spacial score (nSPS) is 18.6. The summed E-state index contributed by atoms with van der Waals surface area (Å²) in [5.41, 5.74) is -2.10. The standard InChI is InChI=1S/C25H57Br3Si4/c1-20(2,3)30(21(4,5)6,22(7,8)9)29(19,26)32(27,28)31(23(10,11)12,24(13,14)15)25(16,17)18/h1-19H3. The maximum absolute atomic E-state index is 4.85. The Morgan fingerprint density at radius 3 is 0.625 bits per heavy atom. The third-order valence-corrected chi connectivity index (χ3v) is 122. The van der Waals surface area contributed by atoms with Crippen molar-refractivity contribution in [3.63, 3.8) is 0 Å². The monoisotopic (exact) mass is 706 g/mol. The lowest BCUT2D eigenvalue weighted by atomic mass is 10.2. The van der Waals surface area contributed by atoms with Gasteiger partial charge in [-0.3, -0.25) is 0 Å². The zero-order valence-corrected chi connectivity index (χ0v) is 33.9. The fourth-order valence-electron chi connectivity index (χ4n) is 10.9. The van der Waals surface area contributed by atoms with Crippen LogP contribution in [-0.4, -0.2) is 25.3 Å². The second-order valence-corrected chi connectivity index (χ2v) is 78.0. The molecular weight excluding hydrogens is 652 g/mol. The Morgan fingerprint density at radius 1 is 0.344 bits per heavy atom. The van der Waals surface area contributed by atoms with Crippen LogP contribution >= 0.6 is 45.9 Å². The van der Waals surface area contributed by atoms with Crippen LogP contribution in [0, 0.1) is 0 Å². The molecule has 1 unspecified atom stereocenters. The average Bonchev–Trinajstić information content (AvgIpc) is 2.25. The van der Waals surface area contributed by atoms with E-state index in [0.29, 0.717) is 0 Å². The fourth-order valence-corrected chi connectivity index (χ4v) is 170. The van der Waals surface area contributed by atoms with Gasteiger partial charge in [0.2, 0.25) is 0 Å². The third-order valence-electron chi connectivity index (χ3n) is 8.51. The molecule has 0 aromatic carbocycles. The molecule has 0 bridgehead atoms. The minimum atomic E-state index is -2.20. The highest BCUT2D eigenvalue weighted by Gasteiger charge is 2.82. The molecule has 0 aliphatic rings. The summed E-state index contributed by atoms with van der Waals surface area (Å²) in [6, 6.07) is 0. The van der Waals surface area contributed by atoms with Crippen LogP contribution in [0.5, 0.6) is 0 Å². The van der Waals surface area contributed by atoms with E-state index < -0.39 is 25.3 Å². The van der Waals surface area contributed by atoms with Gasteiger partial charge >= 0.3 is 0 Å². The lowest BCUT2D eigenvalue weighted by molar-refractivity contribution is 0.551. The van der Waals surface area contributed by atoms with E-state index in [2.05, 4.69) is 131 Å². The third kappa shape index (κ3) is 4.56. The Labute approximate surface area is 230 Å². The lowest BCUT2D eigenvalue weighted by Crippen LogP contribution is -2.88. The van der Waals surface area contributed by atoms with Gasteiger partial charge in [-0.05, 0) is 30.2 Å². The molecule has 0 N–H and O–H groups in total. The summed E-state index contributed by atoms with van der Waals surface area (Å²) in [4.78, 5) is 0. The van der Waals surface area contributed by atoms with Crippen molar-refractivity contribution >= 4 is 71.1 Å². The van der Waals surface area contributed by atoms with Crippen LogP contribution in [0.4, 0.5) is 0 Å². The number of halogens is 3. The van der Waals surface area contributed by atoms with Gasteiger partial charge in [-0.25, -0.2) is 0 Å². The lowest BCUT2D eigenvalue weighted by Gasteiger charge is -2.73. The smallest absolute Gasteiger partial charge is 0.131 e. The maximum atomic E-state index is 4.85. The molecule has 32 heavy (non-hydrogen) atoms. The van der Waals surface area contributed by atoms with Gasteiger partial charge in [-0.2, -0.15) is 0 Å². The number of rotatable bonds is 3. The summed E-state index contributed by atoms with van der Waals surface area (Å²) in [5.74, 6) is 0. The van der Waals surface area contributed by atoms with Crippen molar-refractivity contribution in [2.75, 3.05) is 0 Å². The molecule has 0 aromatic rings. The second-order valence-electron chi connectivity index (χ2n) is 16.6. The molecule has 0 spiro atoms. The first-order valence-electron chi connectivity index (χ1n) is 12.3. The molecule has 0 aromatic heterocycles. The first-order valence-corrected chi connectivity index (χ1v) is 30.6. The Kier molecular flexibility index (Phi) is 9.60. The van der Waals surface area contributed by atoms with Gasteiger partial charge < -0.3 is 0 Å². The molecule has 0 saturated carbocycles. The molecule has 0 aliphatic carbocycles. The van der Waals surface area contributed by atoms with Crippen LogP contribution in [0.2, 0.25) is 36.8 Å². The molecule has 0 radical (unpaired) electrons. The molecule has 0 aliphatic heterocycles. The van der Waals surface area contributed by atoms with Gasteiger partial charge in [0.25, 0.3) is 0 Å². The summed E-state index contributed by atoms with van der Waals surface area (Å²) >= 11 is 14.5. The van der Waals surface area contributed by atoms with Crippen molar-refractivity contribution in [3.8, 4) is 0 Å². The highest BCUT2D eigenvalue weighted by molar-refractivity contribution is 9.59. The van der Waals surface area contributed by atoms with E-state index in [1.54, 1.807) is 0 Å². The van der Waals surface area contributed by atoms with E-state index >= 15 is 0 Å². The van der Waals surface area contributed by atoms with Crippen LogP contribution < -0.4 is 0 Å². The van der Waals surface area contributed by atoms with Gasteiger partial charge in [0.05, 0.1) is 15.2 Å². The molecular formula is C25H57Br3Si4. The minimum Gasteiger partial charge on any atom is -0.131 e. The minimum absolute atomic E-state index is 0.249. The average molecular weight is 710 g/mol. The molecule has 7 heteroatoms. The van der Waals surface area contributed by atoms with E-state index in [1.165, 1.54) is 0 Å². The van der Waals surface area contributed by atoms with Crippen molar-refractivity contribution in [3.05, 3.63) is 0 Å². The second kappa shape index (κ2) is 8.96. The summed E-state index contributed by atoms with van der Waals surface area (Å²) in [6.07, 6.45) is 0. The summed E-state index contributed by atoms with van der Waals surface area (Å²) in [7, 11) is -4.14. The molecule has 194 valence electrons. The highest BCUT2D eigenvalue weighted by Crippen LogP contribution is 2.75. The van der Waals surface area contributed by atoms with Crippen molar-refractivity contribution in [2.24, 2.45) is 0 Å². The first kappa shape index (κ1) is 34.3. The van der Waals surface area contributed by atoms with E-state index in [1.807, 2.05) is 0 Å². The quantitative estimate of drug-likeness (QED) is 0.202. The highest BCUT2D eigenvalue weighted by atomic mass is 79.9. The van der Waals surface area contributed by atoms with Gasteiger partial charge in [-0.15, -0.1) is 45.9 Å². The molecule has 0 nitrogen and oxygen atoms in total. The molecule has 1 atom stereocenters. The summed E-state index contributed by atoms with van der Waals surface area (Å²) in [5, 5.41) is 1.54. The van der Waals surface area contributed by atoms with Crippen LogP contribution in [0.15, 0.2) is 0 Å². The Balaban J connectivity index is 8.24. The zero-order valence-electron chi connectivity index (χ0n) is 25.1.